The van der Waals surface area contributed by atoms with Crippen LogP contribution in [0, 0.1) is 5.82 Å². The van der Waals surface area contributed by atoms with E-state index < -0.39 is 0 Å². The molecule has 0 saturated carbocycles. The highest BCUT2D eigenvalue weighted by Crippen LogP contribution is 2.25. The van der Waals surface area contributed by atoms with Crippen LogP contribution in [-0.4, -0.2) is 65.9 Å². The van der Waals surface area contributed by atoms with Crippen molar-refractivity contribution >= 4 is 17.7 Å². The van der Waals surface area contributed by atoms with Gasteiger partial charge in [-0.1, -0.05) is 12.1 Å². The molecule has 2 aliphatic heterocycles. The molecule has 2 heterocycles. The van der Waals surface area contributed by atoms with Crippen LogP contribution in [0.1, 0.15) is 12.5 Å². The normalized spacial score (nSPS) is 22.7. The lowest BCUT2D eigenvalue weighted by molar-refractivity contribution is -0.153. The number of fused-ring (bicyclic) bond motifs is 1. The summed E-state index contributed by atoms with van der Waals surface area (Å²) in [6.45, 7) is 2.20. The Bertz CT molecular complexity index is 696. The molecule has 1 aromatic rings. The van der Waals surface area contributed by atoms with Crippen LogP contribution < -0.4 is 5.32 Å². The van der Waals surface area contributed by atoms with Crippen LogP contribution >= 0.6 is 0 Å². The second-order valence-electron chi connectivity index (χ2n) is 6.28. The van der Waals surface area contributed by atoms with E-state index in [2.05, 4.69) is 5.32 Å². The lowest BCUT2D eigenvalue weighted by Crippen LogP contribution is -2.53. The summed E-state index contributed by atoms with van der Waals surface area (Å²) in [5, 5.41) is 2.48. The minimum Gasteiger partial charge on any atom is -0.364 e. The van der Waals surface area contributed by atoms with Crippen molar-refractivity contribution in [3.63, 3.8) is 0 Å². The summed E-state index contributed by atoms with van der Waals surface area (Å²) in [4.78, 5) is 38.6. The zero-order valence-electron chi connectivity index (χ0n) is 13.9. The molecule has 2 saturated heterocycles. The summed E-state index contributed by atoms with van der Waals surface area (Å²) in [6.07, 6.45) is -0.271. The Morgan fingerprint density at radius 3 is 2.88 bits per heavy atom. The van der Waals surface area contributed by atoms with Gasteiger partial charge in [-0.05, 0) is 17.7 Å². The van der Waals surface area contributed by atoms with E-state index >= 15 is 0 Å². The van der Waals surface area contributed by atoms with Crippen LogP contribution in [0.15, 0.2) is 24.3 Å². The highest BCUT2D eigenvalue weighted by Gasteiger charge is 2.44. The van der Waals surface area contributed by atoms with E-state index in [9.17, 15) is 18.8 Å². The summed E-state index contributed by atoms with van der Waals surface area (Å²) in [5.74, 6) is -1.02. The summed E-state index contributed by atoms with van der Waals surface area (Å²) >= 11 is 0. The number of ether oxygens (including phenoxy) is 1. The summed E-state index contributed by atoms with van der Waals surface area (Å²) < 4.78 is 19.0. The Hall–Kier alpha value is -2.48. The third-order valence-electron chi connectivity index (χ3n) is 4.46. The molecule has 2 aliphatic rings. The van der Waals surface area contributed by atoms with E-state index in [1.165, 1.54) is 19.1 Å². The zero-order valence-corrected chi connectivity index (χ0v) is 13.9. The van der Waals surface area contributed by atoms with E-state index in [-0.39, 0.29) is 55.4 Å². The predicted octanol–water partition coefficient (Wildman–Crippen LogP) is -0.1000. The van der Waals surface area contributed by atoms with Crippen LogP contribution in [0.4, 0.5) is 4.39 Å². The standard InChI is InChI=1S/C17H20FN3O4/c1-11(22)19-6-16(23)20-8-14-15(9-20)25-10-17(24)21(14)7-12-3-2-4-13(18)5-12/h2-5,14-15H,6-10H2,1H3,(H,19,22). The Labute approximate surface area is 144 Å². The number of nitrogens with zero attached hydrogens (tertiary/aromatic N) is 2. The van der Waals surface area contributed by atoms with Crippen molar-refractivity contribution in [2.45, 2.75) is 25.6 Å². The van der Waals surface area contributed by atoms with Crippen LogP contribution in [-0.2, 0) is 25.7 Å². The molecule has 3 rings (SSSR count). The van der Waals surface area contributed by atoms with E-state index in [1.54, 1.807) is 21.9 Å². The highest BCUT2D eigenvalue weighted by molar-refractivity contribution is 5.84. The average Bonchev–Trinajstić information content (AvgIpc) is 3.00. The number of hydrogen-bond acceptors (Lipinski definition) is 4. The third kappa shape index (κ3) is 3.96. The van der Waals surface area contributed by atoms with Gasteiger partial charge in [-0.2, -0.15) is 0 Å². The van der Waals surface area contributed by atoms with E-state index in [4.69, 9.17) is 4.74 Å². The molecule has 2 fully saturated rings. The van der Waals surface area contributed by atoms with Gasteiger partial charge in [0.1, 0.15) is 12.4 Å². The number of halogens is 1. The van der Waals surface area contributed by atoms with Gasteiger partial charge in [-0.3, -0.25) is 14.4 Å². The van der Waals surface area contributed by atoms with Gasteiger partial charge in [0, 0.05) is 26.6 Å². The number of carbonyl (C=O) groups is 3. The number of morpholine rings is 1. The quantitative estimate of drug-likeness (QED) is 0.823. The molecule has 0 radical (unpaired) electrons. The van der Waals surface area contributed by atoms with Crippen LogP contribution in [0.5, 0.6) is 0 Å². The SMILES string of the molecule is CC(=O)NCC(=O)N1CC2OCC(=O)N(Cc3cccc(F)c3)C2C1. The molecule has 2 atom stereocenters. The van der Waals surface area contributed by atoms with Crippen molar-refractivity contribution in [1.29, 1.82) is 0 Å². The van der Waals surface area contributed by atoms with Gasteiger partial charge in [0.2, 0.25) is 17.7 Å². The lowest BCUT2D eigenvalue weighted by atomic mass is 10.1. The van der Waals surface area contributed by atoms with Crippen molar-refractivity contribution in [3.05, 3.63) is 35.6 Å². The molecule has 7 nitrogen and oxygen atoms in total. The maximum atomic E-state index is 13.4. The number of rotatable bonds is 4. The Morgan fingerprint density at radius 2 is 2.16 bits per heavy atom. The Balaban J connectivity index is 1.69. The minimum absolute atomic E-state index is 0.0514. The maximum absolute atomic E-state index is 13.4. The number of hydrogen-bond donors (Lipinski definition) is 1. The van der Waals surface area contributed by atoms with Gasteiger partial charge in [-0.15, -0.1) is 0 Å². The van der Waals surface area contributed by atoms with Crippen molar-refractivity contribution in [2.75, 3.05) is 26.2 Å². The Morgan fingerprint density at radius 1 is 1.36 bits per heavy atom. The minimum atomic E-state index is -0.353. The van der Waals surface area contributed by atoms with Crippen LogP contribution in [0.3, 0.4) is 0 Å². The van der Waals surface area contributed by atoms with Crippen molar-refractivity contribution in [3.8, 4) is 0 Å². The molecule has 0 spiro atoms. The second-order valence-corrected chi connectivity index (χ2v) is 6.28. The van der Waals surface area contributed by atoms with Crippen molar-refractivity contribution < 1.29 is 23.5 Å². The van der Waals surface area contributed by atoms with E-state index in [0.717, 1.165) is 0 Å². The van der Waals surface area contributed by atoms with Gasteiger partial charge in [0.15, 0.2) is 0 Å². The maximum Gasteiger partial charge on any atom is 0.249 e. The largest absolute Gasteiger partial charge is 0.364 e. The van der Waals surface area contributed by atoms with Gasteiger partial charge >= 0.3 is 0 Å². The fraction of sp³-hybridized carbons (Fsp3) is 0.471. The zero-order chi connectivity index (χ0) is 18.0. The van der Waals surface area contributed by atoms with Crippen LogP contribution in [0.2, 0.25) is 0 Å². The number of benzene rings is 1. The summed E-state index contributed by atoms with van der Waals surface area (Å²) in [5.41, 5.74) is 0.692. The molecule has 0 aromatic heterocycles. The third-order valence-corrected chi connectivity index (χ3v) is 4.46. The number of carbonyl (C=O) groups excluding carboxylic acids is 3. The predicted molar refractivity (Wildman–Crippen MR) is 85.7 cm³/mol. The molecular weight excluding hydrogens is 329 g/mol. The van der Waals surface area contributed by atoms with Gasteiger partial charge in [0.25, 0.3) is 0 Å². The second kappa shape index (κ2) is 7.18. The monoisotopic (exact) mass is 349 g/mol. The molecule has 1 aromatic carbocycles. The first kappa shape index (κ1) is 17.3. The molecule has 0 aliphatic carbocycles. The highest BCUT2D eigenvalue weighted by atomic mass is 19.1. The number of likely N-dealkylation sites (tertiary alicyclic amines) is 1. The van der Waals surface area contributed by atoms with Crippen molar-refractivity contribution in [1.82, 2.24) is 15.1 Å². The van der Waals surface area contributed by atoms with Crippen LogP contribution in [0.25, 0.3) is 0 Å². The number of amides is 3. The van der Waals surface area contributed by atoms with E-state index in [1.807, 2.05) is 0 Å². The summed E-state index contributed by atoms with van der Waals surface area (Å²) in [7, 11) is 0. The molecule has 1 N–H and O–H groups in total. The topological polar surface area (TPSA) is 79.0 Å². The van der Waals surface area contributed by atoms with Gasteiger partial charge < -0.3 is 19.9 Å². The smallest absolute Gasteiger partial charge is 0.249 e. The molecule has 25 heavy (non-hydrogen) atoms. The molecule has 8 heteroatoms. The van der Waals surface area contributed by atoms with Crippen molar-refractivity contribution in [2.24, 2.45) is 0 Å². The number of nitrogens with one attached hydrogen (secondary N) is 1. The first-order chi connectivity index (χ1) is 11.9. The lowest BCUT2D eigenvalue weighted by Gasteiger charge is -2.36. The Kier molecular flexibility index (Phi) is 4.98. The molecule has 2 unspecified atom stereocenters. The fourth-order valence-corrected chi connectivity index (χ4v) is 3.22. The first-order valence-electron chi connectivity index (χ1n) is 8.12. The molecule has 134 valence electrons. The summed E-state index contributed by atoms with van der Waals surface area (Å²) in [6, 6.07) is 5.84. The molecular formula is C17H20FN3O4. The average molecular weight is 349 g/mol. The fourth-order valence-electron chi connectivity index (χ4n) is 3.22. The van der Waals surface area contributed by atoms with Gasteiger partial charge in [-0.25, -0.2) is 4.39 Å². The first-order valence-corrected chi connectivity index (χ1v) is 8.12. The van der Waals surface area contributed by atoms with E-state index in [0.29, 0.717) is 18.7 Å². The molecule has 3 amide bonds. The molecule has 0 bridgehead atoms. The van der Waals surface area contributed by atoms with Gasteiger partial charge in [0.05, 0.1) is 18.7 Å².